The molecule has 1 aliphatic carbocycles. The van der Waals surface area contributed by atoms with E-state index < -0.39 is 5.41 Å². The Morgan fingerprint density at radius 2 is 1.00 bits per heavy atom. The van der Waals surface area contributed by atoms with Crippen LogP contribution in [0, 0.1) is 0 Å². The molecule has 0 radical (unpaired) electrons. The molecule has 0 aliphatic heterocycles. The maximum Gasteiger partial charge on any atom is 0.140 e. The van der Waals surface area contributed by atoms with Crippen LogP contribution in [0.4, 0.5) is 11.4 Å². The molecule has 0 unspecified atom stereocenters. The van der Waals surface area contributed by atoms with E-state index in [4.69, 9.17) is 4.42 Å². The van der Waals surface area contributed by atoms with Crippen molar-refractivity contribution in [1.82, 2.24) is 0 Å². The molecule has 1 aromatic heterocycles. The van der Waals surface area contributed by atoms with E-state index in [0.29, 0.717) is 0 Å². The number of nitrogens with one attached hydrogen (secondary N) is 1. The van der Waals surface area contributed by atoms with Gasteiger partial charge in [-0.05, 0) is 58.1 Å². The zero-order chi connectivity index (χ0) is 25.8. The number of furan rings is 1. The van der Waals surface area contributed by atoms with Gasteiger partial charge in [-0.25, -0.2) is 0 Å². The van der Waals surface area contributed by atoms with Crippen molar-refractivity contribution < 1.29 is 4.42 Å². The molecule has 1 N–H and O–H groups in total. The zero-order valence-corrected chi connectivity index (χ0v) is 21.3. The minimum absolute atomic E-state index is 0.522. The van der Waals surface area contributed by atoms with Gasteiger partial charge in [0, 0.05) is 27.7 Å². The number of anilines is 2. The highest BCUT2D eigenvalue weighted by atomic mass is 16.3. The van der Waals surface area contributed by atoms with Crippen molar-refractivity contribution in [2.75, 3.05) is 5.32 Å². The van der Waals surface area contributed by atoms with E-state index in [-0.39, 0.29) is 0 Å². The maximum absolute atomic E-state index is 6.66. The number of benzene rings is 6. The topological polar surface area (TPSA) is 25.2 Å². The van der Waals surface area contributed by atoms with Crippen molar-refractivity contribution in [3.8, 4) is 11.1 Å². The van der Waals surface area contributed by atoms with Gasteiger partial charge in [-0.3, -0.25) is 0 Å². The molecular formula is C37H25NO. The smallest absolute Gasteiger partial charge is 0.140 e. The maximum atomic E-state index is 6.66. The van der Waals surface area contributed by atoms with Gasteiger partial charge in [0.1, 0.15) is 11.2 Å². The summed E-state index contributed by atoms with van der Waals surface area (Å²) in [6, 6.07) is 51.8. The Hall–Kier alpha value is -5.08. The molecule has 6 aromatic carbocycles. The fourth-order valence-electron chi connectivity index (χ4n) is 6.53. The van der Waals surface area contributed by atoms with Crippen LogP contribution >= 0.6 is 0 Å². The molecule has 39 heavy (non-hydrogen) atoms. The standard InChI is InChI=1S/C37H25NO/c1-2-11-26(12-3-1)38-27-23-21-25(22-24-27)37(32-17-7-4-13-28(32)29-14-5-8-18-33(29)37)34-19-10-16-31-30-15-6-9-20-35(30)39-36(31)34/h1-24,38H. The second kappa shape index (κ2) is 8.47. The van der Waals surface area contributed by atoms with Gasteiger partial charge in [0.15, 0.2) is 0 Å². The van der Waals surface area contributed by atoms with Gasteiger partial charge in [0.25, 0.3) is 0 Å². The first-order valence-electron chi connectivity index (χ1n) is 13.4. The van der Waals surface area contributed by atoms with Crippen molar-refractivity contribution in [2.45, 2.75) is 5.41 Å². The Kier molecular flexibility index (Phi) is 4.77. The minimum Gasteiger partial charge on any atom is -0.456 e. The third-order valence-corrected chi connectivity index (χ3v) is 8.14. The fraction of sp³-hybridized carbons (Fsp3) is 0.0270. The monoisotopic (exact) mass is 499 g/mol. The van der Waals surface area contributed by atoms with Crippen LogP contribution in [0.5, 0.6) is 0 Å². The molecule has 2 nitrogen and oxygen atoms in total. The molecule has 8 rings (SSSR count). The Morgan fingerprint density at radius 3 is 1.74 bits per heavy atom. The summed E-state index contributed by atoms with van der Waals surface area (Å²) in [4.78, 5) is 0. The van der Waals surface area contributed by atoms with Crippen LogP contribution in [0.15, 0.2) is 150 Å². The van der Waals surface area contributed by atoms with E-state index in [2.05, 4.69) is 127 Å². The first-order chi connectivity index (χ1) is 19.3. The predicted molar refractivity (Wildman–Crippen MR) is 161 cm³/mol. The lowest BCUT2D eigenvalue weighted by molar-refractivity contribution is 0.648. The van der Waals surface area contributed by atoms with E-state index in [1.54, 1.807) is 0 Å². The first kappa shape index (κ1) is 22.0. The molecular weight excluding hydrogens is 474 g/mol. The Labute approximate surface area is 227 Å². The summed E-state index contributed by atoms with van der Waals surface area (Å²) >= 11 is 0. The minimum atomic E-state index is -0.522. The lowest BCUT2D eigenvalue weighted by Crippen LogP contribution is -2.28. The van der Waals surface area contributed by atoms with Crippen molar-refractivity contribution in [2.24, 2.45) is 0 Å². The number of hydrogen-bond donors (Lipinski definition) is 1. The van der Waals surface area contributed by atoms with E-state index in [9.17, 15) is 0 Å². The SMILES string of the molecule is c1ccc(Nc2ccc(C3(c4cccc5c4oc4ccccc45)c4ccccc4-c4ccccc43)cc2)cc1. The average Bonchev–Trinajstić information content (AvgIpc) is 3.53. The number of para-hydroxylation sites is 3. The lowest BCUT2D eigenvalue weighted by atomic mass is 9.67. The molecule has 2 heteroatoms. The normalized spacial score (nSPS) is 13.3. The van der Waals surface area contributed by atoms with Crippen LogP contribution < -0.4 is 5.32 Å². The van der Waals surface area contributed by atoms with Gasteiger partial charge in [0.2, 0.25) is 0 Å². The molecule has 184 valence electrons. The third kappa shape index (κ3) is 3.15. The van der Waals surface area contributed by atoms with E-state index in [1.165, 1.54) is 27.8 Å². The number of fused-ring (bicyclic) bond motifs is 6. The predicted octanol–water partition coefficient (Wildman–Crippen LogP) is 9.69. The second-order valence-corrected chi connectivity index (χ2v) is 10.2. The first-order valence-corrected chi connectivity index (χ1v) is 13.4. The van der Waals surface area contributed by atoms with Crippen molar-refractivity contribution in [1.29, 1.82) is 0 Å². The molecule has 1 heterocycles. The average molecular weight is 500 g/mol. The van der Waals surface area contributed by atoms with Gasteiger partial charge >= 0.3 is 0 Å². The molecule has 0 fully saturated rings. The fourth-order valence-corrected chi connectivity index (χ4v) is 6.53. The molecule has 0 amide bonds. The van der Waals surface area contributed by atoms with Gasteiger partial charge in [-0.15, -0.1) is 0 Å². The van der Waals surface area contributed by atoms with Crippen molar-refractivity contribution >= 4 is 33.3 Å². The Morgan fingerprint density at radius 1 is 0.436 bits per heavy atom. The number of hydrogen-bond acceptors (Lipinski definition) is 2. The van der Waals surface area contributed by atoms with Crippen LogP contribution in [0.2, 0.25) is 0 Å². The van der Waals surface area contributed by atoms with Crippen molar-refractivity contribution in [3.05, 3.63) is 168 Å². The third-order valence-electron chi connectivity index (χ3n) is 8.14. The number of rotatable bonds is 4. The molecule has 0 bridgehead atoms. The summed E-state index contributed by atoms with van der Waals surface area (Å²) in [5, 5.41) is 5.83. The molecule has 0 saturated carbocycles. The highest BCUT2D eigenvalue weighted by molar-refractivity contribution is 6.07. The van der Waals surface area contributed by atoms with E-state index >= 15 is 0 Å². The van der Waals surface area contributed by atoms with Gasteiger partial charge in [-0.2, -0.15) is 0 Å². The quantitative estimate of drug-likeness (QED) is 0.261. The summed E-state index contributed by atoms with van der Waals surface area (Å²) in [5.74, 6) is 0. The van der Waals surface area contributed by atoms with Crippen LogP contribution in [0.3, 0.4) is 0 Å². The van der Waals surface area contributed by atoms with Crippen molar-refractivity contribution in [3.63, 3.8) is 0 Å². The molecule has 7 aromatic rings. The summed E-state index contributed by atoms with van der Waals surface area (Å²) < 4.78 is 6.66. The van der Waals surface area contributed by atoms with Gasteiger partial charge in [-0.1, -0.05) is 115 Å². The van der Waals surface area contributed by atoms with Crippen LogP contribution in [0.1, 0.15) is 22.3 Å². The summed E-state index contributed by atoms with van der Waals surface area (Å²) in [5.41, 5.74) is 10.9. The molecule has 1 aliphatic rings. The van der Waals surface area contributed by atoms with Crippen LogP contribution in [-0.2, 0) is 5.41 Å². The van der Waals surface area contributed by atoms with Crippen LogP contribution in [-0.4, -0.2) is 0 Å². The van der Waals surface area contributed by atoms with E-state index in [1.807, 2.05) is 24.3 Å². The lowest BCUT2D eigenvalue weighted by Gasteiger charge is -2.34. The highest BCUT2D eigenvalue weighted by Crippen LogP contribution is 2.57. The van der Waals surface area contributed by atoms with Gasteiger partial charge < -0.3 is 9.73 Å². The summed E-state index contributed by atoms with van der Waals surface area (Å²) in [6.45, 7) is 0. The largest absolute Gasteiger partial charge is 0.456 e. The van der Waals surface area contributed by atoms with Crippen LogP contribution in [0.25, 0.3) is 33.1 Å². The molecule has 0 spiro atoms. The summed E-state index contributed by atoms with van der Waals surface area (Å²) in [6.07, 6.45) is 0. The van der Waals surface area contributed by atoms with Gasteiger partial charge in [0.05, 0.1) is 5.41 Å². The Balaban J connectivity index is 1.43. The zero-order valence-electron chi connectivity index (χ0n) is 21.3. The molecule has 0 atom stereocenters. The Bertz CT molecular complexity index is 1940. The highest BCUT2D eigenvalue weighted by Gasteiger charge is 2.47. The summed E-state index contributed by atoms with van der Waals surface area (Å²) in [7, 11) is 0. The van der Waals surface area contributed by atoms with E-state index in [0.717, 1.165) is 38.9 Å². The molecule has 0 saturated heterocycles. The second-order valence-electron chi connectivity index (χ2n) is 10.2.